The number of aromatic nitrogens is 7. The summed E-state index contributed by atoms with van der Waals surface area (Å²) in [5, 5.41) is 59.2. The summed E-state index contributed by atoms with van der Waals surface area (Å²) in [7, 11) is 2.31. The van der Waals surface area contributed by atoms with Crippen molar-refractivity contribution >= 4 is 261 Å². The second-order valence-electron chi connectivity index (χ2n) is 14.9. The Morgan fingerprint density at radius 1 is 0.486 bits per heavy atom. The van der Waals surface area contributed by atoms with Gasteiger partial charge in [0, 0.05) is 51.8 Å². The number of amides is 4. The van der Waals surface area contributed by atoms with Crippen LogP contribution < -0.4 is 101 Å². The number of nitro groups is 2. The van der Waals surface area contributed by atoms with Crippen LogP contribution in [0.25, 0.3) is 0 Å². The van der Waals surface area contributed by atoms with Gasteiger partial charge in [-0.15, -0.1) is 4.99 Å². The van der Waals surface area contributed by atoms with Gasteiger partial charge in [-0.05, 0) is 202 Å². The van der Waals surface area contributed by atoms with E-state index in [4.69, 9.17) is 84.3 Å². The van der Waals surface area contributed by atoms with E-state index in [9.17, 15) is 49.0 Å². The molecule has 0 unspecified atom stereocenters. The van der Waals surface area contributed by atoms with Crippen molar-refractivity contribution in [3.8, 4) is 0 Å². The number of aliphatic hydroxyl groups is 2. The maximum atomic E-state index is 10.8. The van der Waals surface area contributed by atoms with Gasteiger partial charge in [-0.1, -0.05) is 57.6 Å². The maximum absolute atomic E-state index is 10.8. The summed E-state index contributed by atoms with van der Waals surface area (Å²) in [6, 6.07) is 25.7. The van der Waals surface area contributed by atoms with E-state index in [1.807, 2.05) is 18.2 Å². The SMILES string of the molecule is C.C.C.CC(=O)Cl.CC(=O)Nc1cccc(Br)n1.CO.CO.COC(=O)Cl.COC(=O)Nc1ccc(Cl)c(Br)n1.COC(=O)Nc1ccc(N)c(Br)n1.COC(=O)Nc1ccc([N+](=O)[O-])c(Br)n1.Nc1ccc(Cl)c(Br)n1.Nc1ccc([N+](=O)[O-])c(Br)n1.Nc1cccc(Br)n1.O=S(=O)(O)O.ONOO.[K+].[OH-]. The van der Waals surface area contributed by atoms with E-state index in [0.29, 0.717) is 63.2 Å². The van der Waals surface area contributed by atoms with Gasteiger partial charge in [0.2, 0.25) is 11.1 Å². The van der Waals surface area contributed by atoms with E-state index in [1.165, 1.54) is 66.6 Å². The number of halogens is 11. The fourth-order valence-electron chi connectivity index (χ4n) is 4.19. The third kappa shape index (κ3) is 76.8. The first-order chi connectivity index (χ1) is 47.5. The number of nitrogens with zero attached hydrogens (tertiary/aromatic N) is 9. The Hall–Kier alpha value is -5.78. The maximum Gasteiger partial charge on any atom is 1.00 e. The number of rotatable bonds is 7. The fraction of sp³-hybridized carbons (Fsp3) is 0.212. The van der Waals surface area contributed by atoms with Crippen molar-refractivity contribution < 1.29 is 158 Å². The smallest absolute Gasteiger partial charge is 0.870 e. The van der Waals surface area contributed by atoms with E-state index in [0.717, 1.165) is 24.5 Å². The first-order valence-electron chi connectivity index (χ1n) is 24.7. The molecule has 0 atom stereocenters. The number of nitrogens with two attached hydrogens (primary N) is 4. The summed E-state index contributed by atoms with van der Waals surface area (Å²) >= 11 is 42.1. The van der Waals surface area contributed by atoms with Gasteiger partial charge in [0.15, 0.2) is 9.21 Å². The minimum absolute atomic E-state index is 0. The molecule has 7 aromatic heterocycles. The number of nitrogen functional groups attached to an aromatic ring is 4. The molecule has 7 heterocycles. The molecule has 55 heteroatoms. The number of hydrogen-bond acceptors (Lipinski definition) is 34. The van der Waals surface area contributed by atoms with Gasteiger partial charge in [-0.25, -0.2) is 59.3 Å². The van der Waals surface area contributed by atoms with Crippen molar-refractivity contribution in [1.29, 1.82) is 0 Å². The average Bonchev–Trinajstić information content (AvgIpc) is 0.841. The van der Waals surface area contributed by atoms with E-state index in [-0.39, 0.29) is 123 Å². The molecular formula is C52H72Br7Cl4KN18O24S. The molecule has 107 heavy (non-hydrogen) atoms. The third-order valence-corrected chi connectivity index (χ3v) is 12.9. The molecule has 0 aromatic carbocycles. The third-order valence-electron chi connectivity index (χ3n) is 7.78. The molecule has 0 bridgehead atoms. The monoisotopic (exact) mass is 2100 g/mol. The van der Waals surface area contributed by atoms with Crippen LogP contribution >= 0.6 is 158 Å². The Balaban J connectivity index is -0.000000106. The van der Waals surface area contributed by atoms with Crippen molar-refractivity contribution in [2.24, 2.45) is 0 Å². The van der Waals surface area contributed by atoms with Gasteiger partial charge in [-0.2, -0.15) is 8.42 Å². The first kappa shape index (κ1) is 125. The Kier molecular flexibility index (Phi) is 88.3. The summed E-state index contributed by atoms with van der Waals surface area (Å²) in [6.07, 6.45) is -1.82. The largest absolute Gasteiger partial charge is 1.00 e. The summed E-state index contributed by atoms with van der Waals surface area (Å²) in [4.78, 5) is 111. The zero-order valence-electron chi connectivity index (χ0n) is 54.2. The predicted octanol–water partition coefficient (Wildman–Crippen LogP) is 11.3. The van der Waals surface area contributed by atoms with Crippen molar-refractivity contribution in [3.63, 3.8) is 0 Å². The van der Waals surface area contributed by atoms with Gasteiger partial charge in [0.05, 0.1) is 54.0 Å². The Labute approximate surface area is 733 Å². The summed E-state index contributed by atoms with van der Waals surface area (Å²) < 4.78 is 51.8. The molecule has 0 spiro atoms. The van der Waals surface area contributed by atoms with Crippen LogP contribution in [0.2, 0.25) is 10.0 Å². The molecule has 0 aliphatic carbocycles. The molecular weight excluding hydrogens is 2030 g/mol. The number of carbonyl (C=O) groups is 6. The number of nitrogens with one attached hydrogen (secondary N) is 5. The second-order valence-corrected chi connectivity index (χ2v) is 22.9. The van der Waals surface area contributed by atoms with Gasteiger partial charge < -0.3 is 62.9 Å². The molecule has 0 saturated carbocycles. The average molecular weight is 2110 g/mol. The zero-order chi connectivity index (χ0) is 80.4. The van der Waals surface area contributed by atoms with Crippen LogP contribution in [0.15, 0.2) is 129 Å². The van der Waals surface area contributed by atoms with Gasteiger partial charge >= 0.3 is 96.9 Å². The molecule has 598 valence electrons. The summed E-state index contributed by atoms with van der Waals surface area (Å²) in [5.41, 5.74) is 21.9. The zero-order valence-corrected chi connectivity index (χ0v) is 72.3. The molecule has 7 aromatic rings. The molecule has 4 amide bonds. The fourth-order valence-corrected chi connectivity index (χ4v) is 7.04. The van der Waals surface area contributed by atoms with Crippen molar-refractivity contribution in [2.45, 2.75) is 36.1 Å². The van der Waals surface area contributed by atoms with Crippen LogP contribution in [0.5, 0.6) is 0 Å². The van der Waals surface area contributed by atoms with Crippen LogP contribution in [0.4, 0.5) is 77.0 Å². The summed E-state index contributed by atoms with van der Waals surface area (Å²) in [5.74, 6) is 2.63. The molecule has 0 aliphatic heterocycles. The van der Waals surface area contributed by atoms with Crippen LogP contribution in [0.3, 0.4) is 0 Å². The normalized spacial score (nSPS) is 8.53. The van der Waals surface area contributed by atoms with Crippen LogP contribution in [-0.4, -0.2) is 166 Å². The number of hydrogen-bond donors (Lipinski definition) is 15. The topological polar surface area (TPSA) is 675 Å². The number of anilines is 8. The predicted molar refractivity (Wildman–Crippen MR) is 423 cm³/mol. The number of pyridine rings is 7. The van der Waals surface area contributed by atoms with E-state index in [1.54, 1.807) is 54.6 Å². The van der Waals surface area contributed by atoms with Gasteiger partial charge in [-0.3, -0.25) is 60.1 Å². The molecule has 0 saturated heterocycles. The van der Waals surface area contributed by atoms with Crippen LogP contribution in [0, 0.1) is 20.2 Å². The number of methoxy groups -OCH3 is 4. The molecule has 0 fully saturated rings. The van der Waals surface area contributed by atoms with E-state index >= 15 is 0 Å². The van der Waals surface area contributed by atoms with Crippen molar-refractivity contribution in [2.75, 3.05) is 86.9 Å². The van der Waals surface area contributed by atoms with Crippen LogP contribution in [-0.2, 0) is 43.9 Å². The van der Waals surface area contributed by atoms with Crippen molar-refractivity contribution in [1.82, 2.24) is 40.5 Å². The minimum Gasteiger partial charge on any atom is -0.870 e. The number of ether oxygens (including phenoxy) is 4. The Morgan fingerprint density at radius 2 is 0.766 bits per heavy atom. The second kappa shape index (κ2) is 75.6. The number of carbonyl (C=O) groups excluding carboxylic acids is 6. The van der Waals surface area contributed by atoms with Crippen LogP contribution in [0.1, 0.15) is 36.1 Å². The molecule has 42 nitrogen and oxygen atoms in total. The van der Waals surface area contributed by atoms with E-state index in [2.05, 4.69) is 215 Å². The van der Waals surface area contributed by atoms with Gasteiger partial charge in [0.25, 0.3) is 0 Å². The quantitative estimate of drug-likeness (QED) is 0.0103. The van der Waals surface area contributed by atoms with E-state index < -0.39 is 44.0 Å². The molecule has 0 aliphatic rings. The van der Waals surface area contributed by atoms with Crippen molar-refractivity contribution in [3.05, 3.63) is 160 Å². The minimum atomic E-state index is -4.67. The summed E-state index contributed by atoms with van der Waals surface area (Å²) in [6.45, 7) is 2.74. The number of aliphatic hydroxyl groups excluding tert-OH is 2. The first-order valence-corrected chi connectivity index (χ1v) is 33.2. The molecule has 0 radical (unpaired) electrons. The standard InChI is InChI=1S/C7H6BrClN2O2.C7H6BrN3O4.C7H8BrN3O2.C7H7BrN2O.C5H4BrClN2.C5H4BrN3O2.C5H5BrN2.C2H3ClO2.C2H3ClO.2CH4O.3CH4.K.H3NO3.H2O4S.H2O/c1-13-7(12)11-5-3-2-4(9)6(8)10-5;1-15-7(12)10-5-3-2-4(11(13)14)6(8)9-5;1-13-7(12)11-5-3-2-4(9)6(8)10-5;1-5(11)9-7-4-2-3-6(8)10-7;6-5-3(7)1-2-4(8)9-5;6-5-3(9(10)11)1-2-4(7)8-5;6-4-2-1-3-5(7)8-4;1-5-2(3)4;1-2(3)4;2*1-2;;;;;2-1-4-3;1-5(2,3)4;/h2-3H,1H3,(H,10,11,12);2-3H,1H3,(H,9,10,12);2-3H,9H2,1H3,(H,10,11,12);2-4H,1H3,(H,9,10,11);1-2H,(H2,8,9);1-2H,(H2,7,8);1-3H,(H2,7,8);1H3;1H3;2*2H,1H3;3*1H4;;1-3H;(H2,1,2,3,4);1H2/q;;;;;;;;;;;;;;+1;;;/p-1. The Bertz CT molecular complexity index is 3740. The molecule has 7 rings (SSSR count). The Morgan fingerprint density at radius 3 is 1.04 bits per heavy atom. The molecule has 20 N–H and O–H groups in total. The van der Waals surface area contributed by atoms with Gasteiger partial charge in [0.1, 0.15) is 63.7 Å².